The molecule has 1 N–H and O–H groups in total. The van der Waals surface area contributed by atoms with Gasteiger partial charge in [0, 0.05) is 18.7 Å². The summed E-state index contributed by atoms with van der Waals surface area (Å²) >= 11 is 6.51. The summed E-state index contributed by atoms with van der Waals surface area (Å²) in [5.74, 6) is 0.154. The van der Waals surface area contributed by atoms with Crippen LogP contribution < -0.4 is 10.2 Å². The fraction of sp³-hybridized carbons (Fsp3) is 0.391. The van der Waals surface area contributed by atoms with Crippen molar-refractivity contribution in [1.82, 2.24) is 0 Å². The van der Waals surface area contributed by atoms with Crippen molar-refractivity contribution < 1.29 is 13.2 Å². The van der Waals surface area contributed by atoms with Crippen LogP contribution in [0.1, 0.15) is 60.0 Å². The van der Waals surface area contributed by atoms with Crippen molar-refractivity contribution in [2.24, 2.45) is 4.40 Å². The van der Waals surface area contributed by atoms with Crippen LogP contribution in [0.25, 0.3) is 0 Å². The Balaban J connectivity index is 1.52. The molecule has 0 atom stereocenters. The van der Waals surface area contributed by atoms with E-state index in [9.17, 15) is 13.2 Å². The third-order valence-corrected chi connectivity index (χ3v) is 7.97. The number of sulfonamides is 1. The zero-order valence-electron chi connectivity index (χ0n) is 17.2. The number of anilines is 2. The van der Waals surface area contributed by atoms with Crippen LogP contribution in [0, 0.1) is 0 Å². The molecule has 0 aromatic heterocycles. The Morgan fingerprint density at radius 2 is 1.84 bits per heavy atom. The highest BCUT2D eigenvalue weighted by atomic mass is 35.5. The average Bonchev–Trinajstić information content (AvgIpc) is 2.98. The summed E-state index contributed by atoms with van der Waals surface area (Å²) in [6, 6.07) is 8.90. The van der Waals surface area contributed by atoms with E-state index in [4.69, 9.17) is 11.6 Å². The van der Waals surface area contributed by atoms with E-state index in [1.54, 1.807) is 6.07 Å². The highest BCUT2D eigenvalue weighted by Crippen LogP contribution is 2.38. The van der Waals surface area contributed by atoms with Gasteiger partial charge in [-0.05, 0) is 67.9 Å². The molecular weight excluding hydrogens is 434 g/mol. The van der Waals surface area contributed by atoms with Gasteiger partial charge in [0.1, 0.15) is 10.7 Å². The van der Waals surface area contributed by atoms with Crippen LogP contribution in [-0.4, -0.2) is 26.7 Å². The molecule has 0 spiro atoms. The Morgan fingerprint density at radius 1 is 1.03 bits per heavy atom. The first-order valence-corrected chi connectivity index (χ1v) is 12.6. The molecule has 31 heavy (non-hydrogen) atoms. The molecule has 0 saturated carbocycles. The highest BCUT2D eigenvalue weighted by Gasteiger charge is 2.33. The minimum absolute atomic E-state index is 0.0443. The molecule has 162 valence electrons. The number of halogens is 1. The van der Waals surface area contributed by atoms with Gasteiger partial charge < -0.3 is 10.2 Å². The van der Waals surface area contributed by atoms with Crippen molar-refractivity contribution in [3.63, 3.8) is 0 Å². The van der Waals surface area contributed by atoms with Gasteiger partial charge in [-0.3, -0.25) is 4.79 Å². The van der Waals surface area contributed by atoms with Gasteiger partial charge in [0.25, 0.3) is 15.9 Å². The van der Waals surface area contributed by atoms with Gasteiger partial charge in [-0.25, -0.2) is 0 Å². The zero-order valence-corrected chi connectivity index (χ0v) is 18.7. The minimum atomic E-state index is -3.88. The molecule has 1 fully saturated rings. The molecule has 0 bridgehead atoms. The third kappa shape index (κ3) is 3.74. The van der Waals surface area contributed by atoms with Crippen LogP contribution in [-0.2, 0) is 22.9 Å². The van der Waals surface area contributed by atoms with Crippen LogP contribution in [0.4, 0.5) is 11.4 Å². The molecule has 0 unspecified atom stereocenters. The second kappa shape index (κ2) is 7.95. The van der Waals surface area contributed by atoms with Crippen LogP contribution in [0.5, 0.6) is 0 Å². The molecule has 3 aliphatic rings. The summed E-state index contributed by atoms with van der Waals surface area (Å²) in [7, 11) is -3.88. The van der Waals surface area contributed by atoms with Gasteiger partial charge in [-0.1, -0.05) is 30.2 Å². The Labute approximate surface area is 187 Å². The lowest BCUT2D eigenvalue weighted by atomic mass is 9.90. The first-order valence-electron chi connectivity index (χ1n) is 10.8. The van der Waals surface area contributed by atoms with Crippen molar-refractivity contribution >= 4 is 44.7 Å². The van der Waals surface area contributed by atoms with Gasteiger partial charge in [-0.15, -0.1) is 4.40 Å². The molecule has 2 aromatic rings. The summed E-state index contributed by atoms with van der Waals surface area (Å²) < 4.78 is 29.8. The first-order chi connectivity index (χ1) is 14.9. The summed E-state index contributed by atoms with van der Waals surface area (Å²) in [6.07, 6.45) is 7.69. The summed E-state index contributed by atoms with van der Waals surface area (Å²) in [5, 5.41) is 3.20. The average molecular weight is 458 g/mol. The number of amidine groups is 1. The van der Waals surface area contributed by atoms with Crippen molar-refractivity contribution in [3.8, 4) is 0 Å². The van der Waals surface area contributed by atoms with Crippen LogP contribution in [0.15, 0.2) is 39.6 Å². The number of hydrogen-bond acceptors (Lipinski definition) is 4. The maximum atomic E-state index is 13.1. The van der Waals surface area contributed by atoms with Gasteiger partial charge in [0.05, 0.1) is 16.3 Å². The molecule has 2 aliphatic heterocycles. The monoisotopic (exact) mass is 457 g/mol. The van der Waals surface area contributed by atoms with E-state index < -0.39 is 15.9 Å². The molecule has 1 aliphatic carbocycles. The third-order valence-electron chi connectivity index (χ3n) is 6.33. The Bertz CT molecular complexity index is 1210. The smallest absolute Gasteiger partial charge is 0.286 e. The largest absolute Gasteiger partial charge is 0.328 e. The van der Waals surface area contributed by atoms with Crippen LogP contribution >= 0.6 is 11.6 Å². The van der Waals surface area contributed by atoms with Gasteiger partial charge in [0.2, 0.25) is 0 Å². The predicted molar refractivity (Wildman–Crippen MR) is 123 cm³/mol. The topological polar surface area (TPSA) is 78.8 Å². The lowest BCUT2D eigenvalue weighted by Crippen LogP contribution is -2.35. The minimum Gasteiger partial charge on any atom is -0.328 e. The van der Waals surface area contributed by atoms with Crippen molar-refractivity contribution in [2.75, 3.05) is 16.8 Å². The maximum Gasteiger partial charge on any atom is 0.286 e. The fourth-order valence-corrected chi connectivity index (χ4v) is 6.27. The molecule has 2 aromatic carbocycles. The number of aryl methyl sites for hydroxylation is 1. The van der Waals surface area contributed by atoms with Crippen molar-refractivity contribution in [2.45, 2.75) is 56.3 Å². The van der Waals surface area contributed by atoms with Gasteiger partial charge >= 0.3 is 0 Å². The van der Waals surface area contributed by atoms with E-state index in [1.807, 2.05) is 17.0 Å². The number of carbonyl (C=O) groups excluding carboxylic acids is 1. The maximum absolute atomic E-state index is 13.1. The van der Waals surface area contributed by atoms with E-state index in [0.29, 0.717) is 24.5 Å². The molecule has 1 saturated heterocycles. The van der Waals surface area contributed by atoms with Crippen LogP contribution in [0.3, 0.4) is 0 Å². The number of nitrogens with one attached hydrogen (secondary N) is 1. The standard InChI is InChI=1S/C23H24ClN3O3S/c24-18-14-20-21(31(29,30)26-22-11-2-1-5-12-27(20)22)13-17(18)23(28)25-19-10-6-8-15-7-3-4-9-16(15)19/h6,8,10,13-14H,1-5,7,9,11-12H2,(H,25,28). The number of amides is 1. The lowest BCUT2D eigenvalue weighted by molar-refractivity contribution is 0.102. The summed E-state index contributed by atoms with van der Waals surface area (Å²) in [5.41, 5.74) is 3.84. The second-order valence-corrected chi connectivity index (χ2v) is 10.3. The van der Waals surface area contributed by atoms with E-state index in [0.717, 1.165) is 56.2 Å². The second-order valence-electron chi connectivity index (χ2n) is 8.35. The fourth-order valence-electron chi connectivity index (χ4n) is 4.76. The number of rotatable bonds is 2. The van der Waals surface area contributed by atoms with Crippen LogP contribution in [0.2, 0.25) is 5.02 Å². The zero-order chi connectivity index (χ0) is 21.6. The number of carbonyl (C=O) groups is 1. The summed E-state index contributed by atoms with van der Waals surface area (Å²) in [6.45, 7) is 0.694. The predicted octanol–water partition coefficient (Wildman–Crippen LogP) is 4.95. The van der Waals surface area contributed by atoms with E-state index in [2.05, 4.69) is 15.8 Å². The Hall–Kier alpha value is -2.38. The van der Waals surface area contributed by atoms with Gasteiger partial charge in [0.15, 0.2) is 0 Å². The van der Waals surface area contributed by atoms with Gasteiger partial charge in [-0.2, -0.15) is 8.42 Å². The Morgan fingerprint density at radius 3 is 2.71 bits per heavy atom. The van der Waals surface area contributed by atoms with Crippen molar-refractivity contribution in [3.05, 3.63) is 52.0 Å². The lowest BCUT2D eigenvalue weighted by Gasteiger charge is -2.30. The Kier molecular flexibility index (Phi) is 5.26. The number of nitrogens with zero attached hydrogens (tertiary/aromatic N) is 2. The number of benzene rings is 2. The first kappa shape index (κ1) is 20.5. The molecule has 5 rings (SSSR count). The van der Waals surface area contributed by atoms with E-state index >= 15 is 0 Å². The molecule has 6 nitrogen and oxygen atoms in total. The normalized spacial score (nSPS) is 19.4. The highest BCUT2D eigenvalue weighted by molar-refractivity contribution is 7.90. The molecule has 0 radical (unpaired) electrons. The summed E-state index contributed by atoms with van der Waals surface area (Å²) in [4.78, 5) is 15.1. The molecule has 2 heterocycles. The van der Waals surface area contributed by atoms with E-state index in [-0.39, 0.29) is 15.5 Å². The van der Waals surface area contributed by atoms with E-state index in [1.165, 1.54) is 11.6 Å². The molecule has 1 amide bonds. The SMILES string of the molecule is O=C(Nc1cccc2c1CCCC2)c1cc2c(cc1Cl)N1CCCCCC1=NS2(=O)=O. The quantitative estimate of drug-likeness (QED) is 0.691. The molecular formula is C23H24ClN3O3S. The van der Waals surface area contributed by atoms with Crippen molar-refractivity contribution in [1.29, 1.82) is 0 Å². The number of hydrogen-bond donors (Lipinski definition) is 1. The number of fused-ring (bicyclic) bond motifs is 4. The molecule has 8 heteroatoms.